The van der Waals surface area contributed by atoms with Gasteiger partial charge in [0, 0.05) is 18.4 Å². The molecule has 0 aromatic heterocycles. The minimum absolute atomic E-state index is 0.0386. The number of carbonyl (C=O) groups excluding carboxylic acids is 1. The summed E-state index contributed by atoms with van der Waals surface area (Å²) < 4.78 is 50.8. The minimum Gasteiger partial charge on any atom is -0.348 e. The summed E-state index contributed by atoms with van der Waals surface area (Å²) in [5.74, 6) is -0.657. The zero-order valence-electron chi connectivity index (χ0n) is 18.9. The normalized spacial score (nSPS) is 12.5. The van der Waals surface area contributed by atoms with Crippen molar-refractivity contribution in [3.05, 3.63) is 94.5 Å². The van der Waals surface area contributed by atoms with Crippen LogP contribution in [0.15, 0.2) is 88.7 Å². The molecular formula is C23H23N3O7S2. The minimum atomic E-state index is -4.23. The van der Waals surface area contributed by atoms with Crippen LogP contribution in [0.5, 0.6) is 0 Å². The van der Waals surface area contributed by atoms with Crippen LogP contribution in [0.2, 0.25) is 0 Å². The van der Waals surface area contributed by atoms with Crippen molar-refractivity contribution in [1.82, 2.24) is 5.32 Å². The van der Waals surface area contributed by atoms with Gasteiger partial charge in [-0.25, -0.2) is 16.8 Å². The highest BCUT2D eigenvalue weighted by atomic mass is 32.2. The molecule has 12 heteroatoms. The third-order valence-electron chi connectivity index (χ3n) is 5.13. The van der Waals surface area contributed by atoms with Gasteiger partial charge in [0.25, 0.3) is 15.7 Å². The number of rotatable bonds is 9. The largest absolute Gasteiger partial charge is 0.348 e. The first kappa shape index (κ1) is 25.8. The number of non-ortho nitro benzene ring substituents is 1. The Morgan fingerprint density at radius 2 is 1.57 bits per heavy atom. The monoisotopic (exact) mass is 517 g/mol. The van der Waals surface area contributed by atoms with Crippen molar-refractivity contribution in [3.63, 3.8) is 0 Å². The number of benzene rings is 3. The van der Waals surface area contributed by atoms with Gasteiger partial charge >= 0.3 is 0 Å². The number of anilines is 1. The SMILES string of the molecule is C[C@@H](NC(=O)CN(c1cccc([N+](=O)[O-])c1)S(=O)(=O)c1ccccc1)c1ccc(S(C)(=O)=O)cc1. The number of hydrogen-bond acceptors (Lipinski definition) is 7. The molecule has 0 saturated carbocycles. The molecule has 3 aromatic rings. The van der Waals surface area contributed by atoms with E-state index in [-0.39, 0.29) is 21.2 Å². The van der Waals surface area contributed by atoms with Crippen LogP contribution in [0.4, 0.5) is 11.4 Å². The number of amides is 1. The van der Waals surface area contributed by atoms with Crippen molar-refractivity contribution in [1.29, 1.82) is 0 Å². The molecule has 1 N–H and O–H groups in total. The summed E-state index contributed by atoms with van der Waals surface area (Å²) in [6.45, 7) is 1.03. The molecule has 184 valence electrons. The molecule has 10 nitrogen and oxygen atoms in total. The quantitative estimate of drug-likeness (QED) is 0.339. The van der Waals surface area contributed by atoms with Gasteiger partial charge in [-0.2, -0.15) is 0 Å². The molecule has 0 radical (unpaired) electrons. The van der Waals surface area contributed by atoms with Gasteiger partial charge in [-0.05, 0) is 42.8 Å². The second-order valence-electron chi connectivity index (χ2n) is 7.73. The molecular weight excluding hydrogens is 494 g/mol. The molecule has 3 rings (SSSR count). The lowest BCUT2D eigenvalue weighted by Crippen LogP contribution is -2.41. The van der Waals surface area contributed by atoms with E-state index in [2.05, 4.69) is 5.32 Å². The third kappa shape index (κ3) is 6.22. The van der Waals surface area contributed by atoms with E-state index < -0.39 is 43.3 Å². The number of hydrogen-bond donors (Lipinski definition) is 1. The number of carbonyl (C=O) groups is 1. The van der Waals surface area contributed by atoms with Crippen LogP contribution < -0.4 is 9.62 Å². The Morgan fingerprint density at radius 3 is 2.14 bits per heavy atom. The smallest absolute Gasteiger partial charge is 0.271 e. The van der Waals surface area contributed by atoms with Gasteiger partial charge in [-0.1, -0.05) is 36.4 Å². The topological polar surface area (TPSA) is 144 Å². The summed E-state index contributed by atoms with van der Waals surface area (Å²) >= 11 is 0. The fourth-order valence-corrected chi connectivity index (χ4v) is 5.37. The summed E-state index contributed by atoms with van der Waals surface area (Å²) in [7, 11) is -7.61. The van der Waals surface area contributed by atoms with Crippen LogP contribution >= 0.6 is 0 Å². The van der Waals surface area contributed by atoms with Gasteiger partial charge in [0.15, 0.2) is 9.84 Å². The van der Waals surface area contributed by atoms with Crippen molar-refractivity contribution < 1.29 is 26.6 Å². The van der Waals surface area contributed by atoms with E-state index in [0.29, 0.717) is 5.56 Å². The van der Waals surface area contributed by atoms with Crippen molar-refractivity contribution in [2.24, 2.45) is 0 Å². The maximum absolute atomic E-state index is 13.4. The summed E-state index contributed by atoms with van der Waals surface area (Å²) in [6, 6.07) is 17.8. The zero-order chi connectivity index (χ0) is 25.8. The van der Waals surface area contributed by atoms with Crippen molar-refractivity contribution >= 4 is 37.1 Å². The number of nitrogens with one attached hydrogen (secondary N) is 1. The highest BCUT2D eigenvalue weighted by Crippen LogP contribution is 2.27. The zero-order valence-corrected chi connectivity index (χ0v) is 20.5. The van der Waals surface area contributed by atoms with Crippen LogP contribution in [0.1, 0.15) is 18.5 Å². The van der Waals surface area contributed by atoms with Crippen LogP contribution in [-0.2, 0) is 24.7 Å². The Labute approximate surface area is 203 Å². The Hall–Kier alpha value is -3.77. The molecule has 35 heavy (non-hydrogen) atoms. The molecule has 0 bridgehead atoms. The van der Waals surface area contributed by atoms with Gasteiger partial charge < -0.3 is 5.32 Å². The predicted octanol–water partition coefficient (Wildman–Crippen LogP) is 3.07. The highest BCUT2D eigenvalue weighted by molar-refractivity contribution is 7.93. The highest BCUT2D eigenvalue weighted by Gasteiger charge is 2.28. The molecule has 0 saturated heterocycles. The van der Waals surface area contributed by atoms with E-state index in [9.17, 15) is 31.7 Å². The number of sulfone groups is 1. The van der Waals surface area contributed by atoms with Gasteiger partial charge in [-0.3, -0.25) is 19.2 Å². The summed E-state index contributed by atoms with van der Waals surface area (Å²) in [6.07, 6.45) is 1.09. The standard InChI is InChI=1S/C23H23N3O7S2/c1-17(18-11-13-21(14-12-18)34(2,30)31)24-23(27)16-25(19-7-6-8-20(15-19)26(28)29)35(32,33)22-9-4-3-5-10-22/h3-15,17H,16H2,1-2H3,(H,24,27)/t17-/m1/s1. The first-order valence-electron chi connectivity index (χ1n) is 10.3. The molecule has 0 aliphatic carbocycles. The second kappa shape index (κ2) is 10.2. The molecule has 0 aliphatic rings. The van der Waals surface area contributed by atoms with E-state index in [1.165, 1.54) is 54.6 Å². The maximum Gasteiger partial charge on any atom is 0.271 e. The molecule has 1 amide bonds. The lowest BCUT2D eigenvalue weighted by Gasteiger charge is -2.25. The Bertz CT molecular complexity index is 1440. The molecule has 0 fully saturated rings. The molecule has 0 heterocycles. The van der Waals surface area contributed by atoms with E-state index in [1.807, 2.05) is 0 Å². The van der Waals surface area contributed by atoms with Gasteiger partial charge in [0.1, 0.15) is 6.54 Å². The van der Waals surface area contributed by atoms with Gasteiger partial charge in [0.05, 0.1) is 26.4 Å². The van der Waals surface area contributed by atoms with E-state index in [1.54, 1.807) is 25.1 Å². The van der Waals surface area contributed by atoms with Crippen LogP contribution in [0.25, 0.3) is 0 Å². The third-order valence-corrected chi connectivity index (χ3v) is 8.05. The first-order chi connectivity index (χ1) is 16.4. The molecule has 0 aliphatic heterocycles. The van der Waals surface area contributed by atoms with Crippen molar-refractivity contribution in [2.75, 3.05) is 17.1 Å². The average Bonchev–Trinajstić information content (AvgIpc) is 2.82. The fraction of sp³-hybridized carbons (Fsp3) is 0.174. The van der Waals surface area contributed by atoms with E-state index in [0.717, 1.165) is 16.6 Å². The lowest BCUT2D eigenvalue weighted by atomic mass is 10.1. The van der Waals surface area contributed by atoms with Crippen molar-refractivity contribution in [3.8, 4) is 0 Å². The summed E-state index contributed by atoms with van der Waals surface area (Å²) in [5, 5.41) is 13.9. The first-order valence-corrected chi connectivity index (χ1v) is 13.6. The number of nitrogens with zero attached hydrogens (tertiary/aromatic N) is 2. The van der Waals surface area contributed by atoms with E-state index >= 15 is 0 Å². The predicted molar refractivity (Wildman–Crippen MR) is 130 cm³/mol. The number of nitro benzene ring substituents is 1. The van der Waals surface area contributed by atoms with Crippen LogP contribution in [0.3, 0.4) is 0 Å². The van der Waals surface area contributed by atoms with Crippen LogP contribution in [0, 0.1) is 10.1 Å². The van der Waals surface area contributed by atoms with Gasteiger partial charge in [0.2, 0.25) is 5.91 Å². The van der Waals surface area contributed by atoms with Gasteiger partial charge in [-0.15, -0.1) is 0 Å². The Kier molecular flexibility index (Phi) is 7.56. The molecule has 0 spiro atoms. The number of nitro groups is 1. The van der Waals surface area contributed by atoms with E-state index in [4.69, 9.17) is 0 Å². The summed E-state index contributed by atoms with van der Waals surface area (Å²) in [4.78, 5) is 23.5. The second-order valence-corrected chi connectivity index (χ2v) is 11.6. The maximum atomic E-state index is 13.4. The summed E-state index contributed by atoms with van der Waals surface area (Å²) in [5.41, 5.74) is 0.248. The van der Waals surface area contributed by atoms with Crippen LogP contribution in [-0.4, -0.2) is 40.5 Å². The average molecular weight is 518 g/mol. The van der Waals surface area contributed by atoms with Crippen molar-refractivity contribution in [2.45, 2.75) is 22.8 Å². The molecule has 1 atom stereocenters. The molecule has 0 unspecified atom stereocenters. The fourth-order valence-electron chi connectivity index (χ4n) is 3.30. The Morgan fingerprint density at radius 1 is 0.943 bits per heavy atom. The molecule has 3 aromatic carbocycles. The number of sulfonamides is 1. The lowest BCUT2D eigenvalue weighted by molar-refractivity contribution is -0.384. The Balaban J connectivity index is 1.89.